The van der Waals surface area contributed by atoms with Crippen LogP contribution >= 0.6 is 11.3 Å². The summed E-state index contributed by atoms with van der Waals surface area (Å²) in [6, 6.07) is 64.2. The number of rotatable bonds is 6. The molecule has 254 valence electrons. The fraction of sp³-hybridized carbons (Fsp3) is 0. The summed E-state index contributed by atoms with van der Waals surface area (Å²) in [6.45, 7) is 0. The molecule has 4 nitrogen and oxygen atoms in total. The molecule has 1 aliphatic heterocycles. The smallest absolute Gasteiger partial charge is 0.227 e. The van der Waals surface area contributed by atoms with E-state index in [0.717, 1.165) is 66.8 Å². The van der Waals surface area contributed by atoms with E-state index in [9.17, 15) is 0 Å². The van der Waals surface area contributed by atoms with Gasteiger partial charge in [-0.3, -0.25) is 0 Å². The molecule has 0 saturated heterocycles. The van der Waals surface area contributed by atoms with Gasteiger partial charge in [-0.15, -0.1) is 11.3 Å². The molecule has 2 aliphatic rings. The maximum absolute atomic E-state index is 6.24. The number of furan rings is 1. The zero-order valence-corrected chi connectivity index (χ0v) is 29.8. The van der Waals surface area contributed by atoms with Crippen LogP contribution in [-0.4, -0.2) is 4.98 Å². The van der Waals surface area contributed by atoms with Gasteiger partial charge in [0.1, 0.15) is 16.7 Å². The Labute approximate surface area is 315 Å². The highest BCUT2D eigenvalue weighted by molar-refractivity contribution is 7.18. The summed E-state index contributed by atoms with van der Waals surface area (Å²) < 4.78 is 12.4. The Hall–Kier alpha value is -6.95. The third-order valence-corrected chi connectivity index (χ3v) is 11.5. The number of hydrogen-bond acceptors (Lipinski definition) is 5. The normalized spacial score (nSPS) is 11.7. The monoisotopic (exact) mass is 710 g/mol. The van der Waals surface area contributed by atoms with Gasteiger partial charge in [-0.1, -0.05) is 97.1 Å². The van der Waals surface area contributed by atoms with Gasteiger partial charge in [-0.2, -0.15) is 0 Å². The predicted octanol–water partition coefficient (Wildman–Crippen LogP) is 14.5. The van der Waals surface area contributed by atoms with Crippen molar-refractivity contribution in [3.8, 4) is 43.5 Å². The predicted molar refractivity (Wildman–Crippen MR) is 224 cm³/mol. The zero-order chi connectivity index (χ0) is 35.6. The fourth-order valence-electron chi connectivity index (χ4n) is 7.69. The number of hydrogen-bond donors (Lipinski definition) is 0. The number of benzene rings is 7. The molecule has 54 heavy (non-hydrogen) atoms. The second-order valence-electron chi connectivity index (χ2n) is 13.6. The Morgan fingerprint density at radius 1 is 0.426 bits per heavy atom. The van der Waals surface area contributed by atoms with Crippen molar-refractivity contribution < 1.29 is 8.83 Å². The molecule has 0 radical (unpaired) electrons. The van der Waals surface area contributed by atoms with Gasteiger partial charge in [0, 0.05) is 43.0 Å². The number of aromatic nitrogens is 1. The second-order valence-corrected chi connectivity index (χ2v) is 14.6. The van der Waals surface area contributed by atoms with E-state index in [1.54, 1.807) is 0 Å². The maximum atomic E-state index is 6.24. The third kappa shape index (κ3) is 5.09. The number of nitrogens with zero attached hydrogens (tertiary/aromatic N) is 2. The lowest BCUT2D eigenvalue weighted by atomic mass is 9.98. The second kappa shape index (κ2) is 12.3. The minimum absolute atomic E-state index is 0.608. The van der Waals surface area contributed by atoms with Crippen LogP contribution in [0.25, 0.3) is 87.3 Å². The van der Waals surface area contributed by atoms with Gasteiger partial charge in [0.25, 0.3) is 0 Å². The molecule has 0 spiro atoms. The minimum atomic E-state index is 0.608. The molecule has 0 amide bonds. The molecule has 0 saturated carbocycles. The van der Waals surface area contributed by atoms with Crippen LogP contribution in [0, 0.1) is 0 Å². The van der Waals surface area contributed by atoms with Crippen molar-refractivity contribution in [3.05, 3.63) is 182 Å². The van der Waals surface area contributed by atoms with Crippen LogP contribution in [0.15, 0.2) is 191 Å². The van der Waals surface area contributed by atoms with Crippen molar-refractivity contribution in [1.82, 2.24) is 4.98 Å². The van der Waals surface area contributed by atoms with Gasteiger partial charge in [-0.25, -0.2) is 4.98 Å². The Balaban J connectivity index is 1.07. The Morgan fingerprint density at radius 2 is 1.11 bits per heavy atom. The van der Waals surface area contributed by atoms with Gasteiger partial charge in [0.15, 0.2) is 5.58 Å². The third-order valence-electron chi connectivity index (χ3n) is 10.3. The Bertz CT molecular complexity index is 3080. The molecule has 5 heteroatoms. The number of fused-ring (bicyclic) bond motifs is 6. The van der Waals surface area contributed by atoms with Crippen LogP contribution in [0.3, 0.4) is 0 Å². The van der Waals surface area contributed by atoms with Crippen LogP contribution in [0.2, 0.25) is 0 Å². The number of oxazole rings is 1. The lowest BCUT2D eigenvalue weighted by molar-refractivity contribution is 0.620. The highest BCUT2D eigenvalue weighted by Gasteiger charge is 2.22. The van der Waals surface area contributed by atoms with Crippen molar-refractivity contribution in [2.45, 2.75) is 0 Å². The summed E-state index contributed by atoms with van der Waals surface area (Å²) in [6.07, 6.45) is 0. The van der Waals surface area contributed by atoms with E-state index in [4.69, 9.17) is 13.8 Å². The molecular weight excluding hydrogens is 681 g/mol. The summed E-state index contributed by atoms with van der Waals surface area (Å²) in [5.74, 6) is 0.608. The van der Waals surface area contributed by atoms with Crippen LogP contribution < -0.4 is 4.90 Å². The molecule has 2 aromatic heterocycles. The van der Waals surface area contributed by atoms with E-state index in [2.05, 4.69) is 150 Å². The van der Waals surface area contributed by atoms with Crippen molar-refractivity contribution in [2.75, 3.05) is 4.90 Å². The number of para-hydroxylation sites is 3. The molecule has 3 heterocycles. The first-order chi connectivity index (χ1) is 26.7. The fourth-order valence-corrected chi connectivity index (χ4v) is 8.78. The lowest BCUT2D eigenvalue weighted by Gasteiger charge is -2.29. The molecular formula is C49H30N2O2S. The van der Waals surface area contributed by atoms with E-state index in [1.165, 1.54) is 31.7 Å². The van der Waals surface area contributed by atoms with Crippen LogP contribution in [-0.2, 0) is 0 Å². The van der Waals surface area contributed by atoms with Gasteiger partial charge in [0.2, 0.25) is 5.89 Å². The van der Waals surface area contributed by atoms with Crippen LogP contribution in [0.5, 0.6) is 0 Å². The molecule has 9 aromatic rings. The summed E-state index contributed by atoms with van der Waals surface area (Å²) in [7, 11) is 0. The first-order valence-electron chi connectivity index (χ1n) is 18.0. The molecule has 1 aliphatic carbocycles. The molecule has 0 N–H and O–H groups in total. The standard InChI is InChI=1S/C49H30N2O2S/c1-2-10-38-32(8-1)21-28-42(48(38)47-29-22-33-9-7-15-46(33)54-47)51(37-25-18-34(19-26-37)49-50-41-12-4-6-14-44(41)53-49)36-23-16-31(17-24-36)35-20-27-40-39-11-3-5-13-43(39)52-45(40)30-35/h1-30H. The Morgan fingerprint density at radius 3 is 1.94 bits per heavy atom. The minimum Gasteiger partial charge on any atom is -0.456 e. The first kappa shape index (κ1) is 30.7. The highest BCUT2D eigenvalue weighted by Crippen LogP contribution is 2.47. The van der Waals surface area contributed by atoms with Gasteiger partial charge in [-0.05, 0) is 112 Å². The van der Waals surface area contributed by atoms with E-state index in [1.807, 2.05) is 47.7 Å². The zero-order valence-electron chi connectivity index (χ0n) is 28.9. The summed E-state index contributed by atoms with van der Waals surface area (Å²) in [5, 5.41) is 4.68. The SMILES string of the molecule is c1cc2ccc(-c3c(N(c4ccc(-c5ccc6c(c5)oc5ccccc56)cc4)c4ccc(-c5nc6ccccc6o5)cc4)ccc4ccccc34)sc-2c1. The van der Waals surface area contributed by atoms with Gasteiger partial charge < -0.3 is 13.7 Å². The van der Waals surface area contributed by atoms with Crippen molar-refractivity contribution in [3.63, 3.8) is 0 Å². The molecule has 0 fully saturated rings. The number of anilines is 3. The molecule has 0 bridgehead atoms. The van der Waals surface area contributed by atoms with Crippen LogP contribution in [0.4, 0.5) is 17.1 Å². The van der Waals surface area contributed by atoms with E-state index in [0.29, 0.717) is 5.89 Å². The van der Waals surface area contributed by atoms with E-state index < -0.39 is 0 Å². The average molecular weight is 711 g/mol. The maximum Gasteiger partial charge on any atom is 0.227 e. The van der Waals surface area contributed by atoms with Crippen molar-refractivity contribution >= 4 is 72.2 Å². The molecule has 7 aromatic carbocycles. The summed E-state index contributed by atoms with van der Waals surface area (Å²) >= 11 is 1.83. The van der Waals surface area contributed by atoms with E-state index in [-0.39, 0.29) is 0 Å². The average Bonchev–Trinajstić information content (AvgIpc) is 3.98. The summed E-state index contributed by atoms with van der Waals surface area (Å²) in [4.78, 5) is 9.62. The van der Waals surface area contributed by atoms with Crippen molar-refractivity contribution in [1.29, 1.82) is 0 Å². The lowest BCUT2D eigenvalue weighted by Crippen LogP contribution is -2.11. The van der Waals surface area contributed by atoms with Crippen molar-refractivity contribution in [2.24, 2.45) is 0 Å². The topological polar surface area (TPSA) is 42.4 Å². The largest absolute Gasteiger partial charge is 0.456 e. The first-order valence-corrected chi connectivity index (χ1v) is 18.8. The highest BCUT2D eigenvalue weighted by atomic mass is 32.1. The molecule has 11 rings (SSSR count). The Kier molecular flexibility index (Phi) is 7.00. The molecule has 0 atom stereocenters. The quantitative estimate of drug-likeness (QED) is 0.172. The van der Waals surface area contributed by atoms with E-state index >= 15 is 0 Å². The van der Waals surface area contributed by atoms with Gasteiger partial charge >= 0.3 is 0 Å². The van der Waals surface area contributed by atoms with Crippen LogP contribution in [0.1, 0.15) is 0 Å². The van der Waals surface area contributed by atoms with Gasteiger partial charge in [0.05, 0.1) is 5.69 Å². The molecule has 0 unspecified atom stereocenters. The summed E-state index contributed by atoms with van der Waals surface area (Å²) in [5.41, 5.74) is 12.2.